The molecule has 0 unspecified atom stereocenters. The molecule has 3 atom stereocenters. The fraction of sp³-hybridized carbons (Fsp3) is 0.526. The van der Waals surface area contributed by atoms with E-state index >= 15 is 0 Å². The molecule has 7 heteroatoms. The molecule has 7 nitrogen and oxygen atoms in total. The Labute approximate surface area is 179 Å². The Hall–Kier alpha value is -2.41. The third-order valence-electron chi connectivity index (χ3n) is 3.26. The van der Waals surface area contributed by atoms with Crippen LogP contribution in [0.4, 0.5) is 0 Å². The van der Waals surface area contributed by atoms with Crippen molar-refractivity contribution in [2.45, 2.75) is 45.1 Å². The molecule has 0 radical (unpaired) electrons. The maximum Gasteiger partial charge on any atom is 0.249 e. The lowest BCUT2D eigenvalue weighted by Crippen LogP contribution is -2.51. The van der Waals surface area contributed by atoms with E-state index in [2.05, 4.69) is 0 Å². The number of aliphatic hydroxyl groups is 1. The second-order valence-electron chi connectivity index (χ2n) is 5.05. The predicted molar refractivity (Wildman–Crippen MR) is 97.1 cm³/mol. The van der Waals surface area contributed by atoms with Crippen LogP contribution in [0.25, 0.3) is 0 Å². The van der Waals surface area contributed by atoms with Crippen LogP contribution >= 0.6 is 0 Å². The minimum absolute atomic E-state index is 0.277. The zero-order valence-electron chi connectivity index (χ0n) is 31.4. The van der Waals surface area contributed by atoms with Crippen LogP contribution in [-0.4, -0.2) is 53.4 Å². The molecule has 0 saturated carbocycles. The van der Waals surface area contributed by atoms with E-state index in [1.165, 1.54) is 5.32 Å². The van der Waals surface area contributed by atoms with E-state index in [0.29, 0.717) is 0 Å². The Kier molecular flexibility index (Phi) is 2.12. The van der Waals surface area contributed by atoms with Crippen LogP contribution in [0, 0.1) is 5.89 Å². The monoisotopic (exact) mass is 379 g/mol. The van der Waals surface area contributed by atoms with Gasteiger partial charge in [0.2, 0.25) is 17.7 Å². The van der Waals surface area contributed by atoms with Crippen molar-refractivity contribution in [1.29, 1.82) is 0 Å². The smallest absolute Gasteiger partial charge is 0.249 e. The molecule has 0 aromatic heterocycles. The number of nitrogens with zero attached hydrogens (tertiary/aromatic N) is 1. The summed E-state index contributed by atoms with van der Waals surface area (Å²) in [4.78, 5) is 40.0. The van der Waals surface area contributed by atoms with Gasteiger partial charge in [0.1, 0.15) is 18.1 Å². The third-order valence-corrected chi connectivity index (χ3v) is 3.26. The number of rotatable bonds is 5. The van der Waals surface area contributed by atoms with E-state index in [9.17, 15) is 19.5 Å². The van der Waals surface area contributed by atoms with E-state index in [4.69, 9.17) is 24.7 Å². The number of hydrogen-bond donors (Lipinski definition) is 3. The lowest BCUT2D eigenvalue weighted by Gasteiger charge is -2.24. The molecule has 0 saturated heterocycles. The summed E-state index contributed by atoms with van der Waals surface area (Å²) >= 11 is 0. The molecule has 1 aromatic rings. The highest BCUT2D eigenvalue weighted by Crippen LogP contribution is 2.24. The molecule has 0 fully saturated rings. The summed E-state index contributed by atoms with van der Waals surface area (Å²) in [6.45, 7) is -14.6. The molecule has 0 spiro atoms. The summed E-state index contributed by atoms with van der Waals surface area (Å²) in [5.41, 5.74) is -1.61. The van der Waals surface area contributed by atoms with Gasteiger partial charge in [-0.2, -0.15) is 0 Å². The van der Waals surface area contributed by atoms with E-state index in [1.807, 2.05) is 0 Å². The Bertz CT molecular complexity index is 1360. The van der Waals surface area contributed by atoms with Gasteiger partial charge in [0.05, 0.1) is 8.22 Å². The van der Waals surface area contributed by atoms with Crippen LogP contribution in [0.15, 0.2) is 24.2 Å². The lowest BCUT2D eigenvalue weighted by molar-refractivity contribution is -0.137. The number of likely N-dealkylation sites (N-methyl/N-ethyl adjacent to an activating group) is 1. The fourth-order valence-electron chi connectivity index (χ4n) is 1.92. The van der Waals surface area contributed by atoms with Crippen molar-refractivity contribution in [2.75, 3.05) is 13.5 Å². The molecule has 1 aromatic carbocycles. The Morgan fingerprint density at radius 3 is 2.85 bits per heavy atom. The molecule has 3 amide bonds. The van der Waals surface area contributed by atoms with Gasteiger partial charge in [-0.05, 0) is 30.3 Å². The maximum absolute atomic E-state index is 13.4. The molecular weight excluding hydrogens is 334 g/mol. The molecule has 0 aliphatic carbocycles. The van der Waals surface area contributed by atoms with E-state index < -0.39 is 111 Å². The van der Waals surface area contributed by atoms with Gasteiger partial charge in [-0.25, -0.2) is 0 Å². The summed E-state index contributed by atoms with van der Waals surface area (Å²) in [5, 5.41) is 13.4. The van der Waals surface area contributed by atoms with Gasteiger partial charge in [-0.15, -0.1) is 0 Å². The summed E-state index contributed by atoms with van der Waals surface area (Å²) in [7, 11) is 0.820. The largest absolute Gasteiger partial charge is 0.383 e. The van der Waals surface area contributed by atoms with E-state index in [0.717, 1.165) is 7.05 Å². The third kappa shape index (κ3) is 4.40. The quantitative estimate of drug-likeness (QED) is 0.689. The number of hydrogen-bond acceptors (Lipinski definition) is 4. The summed E-state index contributed by atoms with van der Waals surface area (Å²) in [6, 6.07) is -10.3. The van der Waals surface area contributed by atoms with Crippen LogP contribution in [0.5, 0.6) is 0 Å². The van der Waals surface area contributed by atoms with Gasteiger partial charge < -0.3 is 20.6 Å². The molecule has 1 heterocycles. The first-order valence-corrected chi connectivity index (χ1v) is 7.05. The summed E-state index contributed by atoms with van der Waals surface area (Å²) < 4.78 is 141. The van der Waals surface area contributed by atoms with Gasteiger partial charge in [-0.1, -0.05) is 37.9 Å². The van der Waals surface area contributed by atoms with Crippen LogP contribution in [-0.2, 0) is 20.8 Å². The first-order chi connectivity index (χ1) is 19.3. The number of amides is 3. The number of fused-ring (bicyclic) bond motifs is 1. The number of nitrogens with one attached hydrogen (secondary N) is 2. The number of carbonyl (C=O) groups excluding carboxylic acids is 3. The molecule has 0 bridgehead atoms. The molecule has 142 valence electrons. The van der Waals surface area contributed by atoms with Gasteiger partial charge in [0.25, 0.3) is 0 Å². The van der Waals surface area contributed by atoms with Crippen LogP contribution in [0.2, 0.25) is 0 Å². The highest BCUT2D eigenvalue weighted by molar-refractivity contribution is 5.93. The SMILES string of the molecule is [2H]c1c([2H])c([2H])c2c(c1[2H])CC([2H])([2H])N(C)C(=O)[C@@]2([2H])NC(=O)[C@@H](NC(=O)[C@@]([2H])(O)C([2H])(C([2H])([2H])[2H])C([2H])([2H])[2H])C([2H])([2H])[2H]. The first-order valence-electron chi connectivity index (χ1n) is 16.1. The average molecular weight is 380 g/mol. The molecule has 3 N–H and O–H groups in total. The highest BCUT2D eigenvalue weighted by atomic mass is 16.3. The van der Waals surface area contributed by atoms with Crippen LogP contribution < -0.4 is 10.6 Å². The summed E-state index contributed by atoms with van der Waals surface area (Å²) in [6.07, 6.45) is -5.40. The van der Waals surface area contributed by atoms with Gasteiger partial charge in [0, 0.05) is 30.0 Å². The second-order valence-corrected chi connectivity index (χ2v) is 5.05. The van der Waals surface area contributed by atoms with Gasteiger partial charge >= 0.3 is 0 Å². The molecule has 1 aliphatic rings. The topological polar surface area (TPSA) is 98.7 Å². The molecule has 2 rings (SSSR count). The Balaban J connectivity index is 2.75. The fourth-order valence-corrected chi connectivity index (χ4v) is 1.92. The van der Waals surface area contributed by atoms with Crippen LogP contribution in [0.1, 0.15) is 62.4 Å². The average Bonchev–Trinajstić information content (AvgIpc) is 2.89. The number of benzene rings is 1. The minimum Gasteiger partial charge on any atom is -0.383 e. The van der Waals surface area contributed by atoms with Crippen molar-refractivity contribution < 1.29 is 44.2 Å². The maximum atomic E-state index is 13.4. The van der Waals surface area contributed by atoms with Gasteiger partial charge in [-0.3, -0.25) is 14.4 Å². The second kappa shape index (κ2) is 8.31. The van der Waals surface area contributed by atoms with Crippen molar-refractivity contribution in [2.24, 2.45) is 5.89 Å². The summed E-state index contributed by atoms with van der Waals surface area (Å²) in [5.74, 6) is -10.5. The van der Waals surface area contributed by atoms with Crippen molar-refractivity contribution in [1.82, 2.24) is 15.5 Å². The Morgan fingerprint density at radius 2 is 2.15 bits per heavy atom. The Morgan fingerprint density at radius 1 is 1.42 bits per heavy atom. The van der Waals surface area contributed by atoms with Crippen LogP contribution in [0.3, 0.4) is 0 Å². The highest BCUT2D eigenvalue weighted by Gasteiger charge is 2.32. The van der Waals surface area contributed by atoms with Crippen molar-refractivity contribution >= 4 is 17.7 Å². The molecule has 1 aliphatic heterocycles. The van der Waals surface area contributed by atoms with Crippen molar-refractivity contribution in [3.8, 4) is 0 Å². The normalized spacial score (nSPS) is 37.3. The number of carbonyl (C=O) groups is 3. The molecular formula is C19H27N3O4. The standard InChI is InChI=1S/C19H27N3O4/c1-11(2)16(23)18(25)20-12(3)17(24)21-15-14-8-6-5-7-13(14)9-10-22(4)19(15)26/h5-8,11-12,15-16,23H,9-10H2,1-4H3,(H,20,25)(H,21,24)/t12-,15-,16-/m0/s1/i1D3,2D3,3D3,5D,6D,7D,8D,10D2,11D,15D,16D. The van der Waals surface area contributed by atoms with Crippen molar-refractivity contribution in [3.63, 3.8) is 0 Å². The first kappa shape index (κ1) is 6.64. The van der Waals surface area contributed by atoms with Crippen molar-refractivity contribution in [3.05, 3.63) is 35.3 Å². The van der Waals surface area contributed by atoms with Gasteiger partial charge in [0.15, 0.2) is 0 Å². The zero-order valence-corrected chi connectivity index (χ0v) is 13.4. The predicted octanol–water partition coefficient (Wildman–Crippen LogP) is 0.380. The minimum atomic E-state index is -4.48. The molecule has 26 heavy (non-hydrogen) atoms. The zero-order chi connectivity index (χ0) is 35.0. The van der Waals surface area contributed by atoms with E-state index in [1.54, 1.807) is 5.32 Å². The lowest BCUT2D eigenvalue weighted by atomic mass is 9.99. The van der Waals surface area contributed by atoms with E-state index in [-0.39, 0.29) is 4.90 Å².